The predicted molar refractivity (Wildman–Crippen MR) is 42.1 cm³/mol. The van der Waals surface area contributed by atoms with Gasteiger partial charge in [-0.1, -0.05) is 6.08 Å². The van der Waals surface area contributed by atoms with E-state index in [-0.39, 0.29) is 6.10 Å². The zero-order valence-electron chi connectivity index (χ0n) is 6.80. The molecule has 0 spiro atoms. The summed E-state index contributed by atoms with van der Waals surface area (Å²) in [7, 11) is 1.69. The quantitative estimate of drug-likeness (QED) is 0.416. The third-order valence-corrected chi connectivity index (χ3v) is 1.21. The minimum Gasteiger partial charge on any atom is -0.385 e. The second-order valence-electron chi connectivity index (χ2n) is 2.16. The van der Waals surface area contributed by atoms with Gasteiger partial charge in [0.05, 0.1) is 6.10 Å². The van der Waals surface area contributed by atoms with E-state index >= 15 is 0 Å². The molecule has 0 heterocycles. The predicted octanol–water partition coefficient (Wildman–Crippen LogP) is 1.61. The van der Waals surface area contributed by atoms with Gasteiger partial charge in [-0.2, -0.15) is 0 Å². The fourth-order valence-corrected chi connectivity index (χ4v) is 0.541. The van der Waals surface area contributed by atoms with Crippen LogP contribution >= 0.6 is 0 Å². The normalized spacial score (nSPS) is 13.0. The Morgan fingerprint density at radius 1 is 1.50 bits per heavy atom. The van der Waals surface area contributed by atoms with Crippen molar-refractivity contribution in [3.8, 4) is 0 Å². The van der Waals surface area contributed by atoms with Crippen molar-refractivity contribution in [1.29, 1.82) is 0 Å². The van der Waals surface area contributed by atoms with Crippen molar-refractivity contribution < 1.29 is 9.47 Å². The first-order chi connectivity index (χ1) is 4.81. The van der Waals surface area contributed by atoms with E-state index in [4.69, 9.17) is 9.47 Å². The molecule has 1 unspecified atom stereocenters. The van der Waals surface area contributed by atoms with Gasteiger partial charge in [-0.3, -0.25) is 0 Å². The van der Waals surface area contributed by atoms with Crippen molar-refractivity contribution in [2.45, 2.75) is 19.4 Å². The molecule has 0 amide bonds. The monoisotopic (exact) mass is 144 g/mol. The standard InChI is InChI=1S/C8H16O2/c1-4-8(2)10-7-5-6-9-3/h4,8H,1,5-7H2,2-3H3. The van der Waals surface area contributed by atoms with Crippen LogP contribution in [0.4, 0.5) is 0 Å². The van der Waals surface area contributed by atoms with Crippen molar-refractivity contribution >= 4 is 0 Å². The lowest BCUT2D eigenvalue weighted by atomic mass is 10.4. The molecule has 0 aliphatic carbocycles. The van der Waals surface area contributed by atoms with Crippen LogP contribution < -0.4 is 0 Å². The second kappa shape index (κ2) is 6.78. The van der Waals surface area contributed by atoms with Crippen LogP contribution in [-0.4, -0.2) is 26.4 Å². The van der Waals surface area contributed by atoms with E-state index in [9.17, 15) is 0 Å². The van der Waals surface area contributed by atoms with Gasteiger partial charge in [0.25, 0.3) is 0 Å². The molecule has 0 aliphatic rings. The van der Waals surface area contributed by atoms with E-state index in [2.05, 4.69) is 6.58 Å². The molecule has 0 aliphatic heterocycles. The Morgan fingerprint density at radius 3 is 2.70 bits per heavy atom. The summed E-state index contributed by atoms with van der Waals surface area (Å²) in [6, 6.07) is 0. The van der Waals surface area contributed by atoms with Crippen LogP contribution in [0.3, 0.4) is 0 Å². The third-order valence-electron chi connectivity index (χ3n) is 1.21. The Balaban J connectivity index is 2.95. The van der Waals surface area contributed by atoms with Crippen molar-refractivity contribution in [2.24, 2.45) is 0 Å². The van der Waals surface area contributed by atoms with E-state index in [0.29, 0.717) is 0 Å². The lowest BCUT2D eigenvalue weighted by molar-refractivity contribution is 0.0759. The first-order valence-electron chi connectivity index (χ1n) is 3.54. The van der Waals surface area contributed by atoms with Crippen LogP contribution in [0.2, 0.25) is 0 Å². The highest BCUT2D eigenvalue weighted by Crippen LogP contribution is 1.92. The molecular formula is C8H16O2. The first kappa shape index (κ1) is 9.66. The summed E-state index contributed by atoms with van der Waals surface area (Å²) in [6.07, 6.45) is 2.90. The van der Waals surface area contributed by atoms with Crippen molar-refractivity contribution in [2.75, 3.05) is 20.3 Å². The van der Waals surface area contributed by atoms with Gasteiger partial charge in [0, 0.05) is 20.3 Å². The highest BCUT2D eigenvalue weighted by Gasteiger charge is 1.93. The molecule has 0 saturated carbocycles. The van der Waals surface area contributed by atoms with Gasteiger partial charge in [-0.15, -0.1) is 6.58 Å². The zero-order chi connectivity index (χ0) is 7.82. The van der Waals surface area contributed by atoms with E-state index in [0.717, 1.165) is 19.6 Å². The molecule has 0 radical (unpaired) electrons. The molecule has 0 bridgehead atoms. The van der Waals surface area contributed by atoms with Gasteiger partial charge in [0.15, 0.2) is 0 Å². The molecule has 0 aromatic rings. The summed E-state index contributed by atoms with van der Waals surface area (Å²) >= 11 is 0. The third kappa shape index (κ3) is 5.79. The molecule has 0 aromatic heterocycles. The molecule has 0 fully saturated rings. The van der Waals surface area contributed by atoms with Gasteiger partial charge in [0.2, 0.25) is 0 Å². The second-order valence-corrected chi connectivity index (χ2v) is 2.16. The maximum Gasteiger partial charge on any atom is 0.0725 e. The average Bonchev–Trinajstić information content (AvgIpc) is 1.98. The van der Waals surface area contributed by atoms with Gasteiger partial charge in [-0.25, -0.2) is 0 Å². The summed E-state index contributed by atoms with van der Waals surface area (Å²) in [5, 5.41) is 0. The molecule has 0 aromatic carbocycles. The van der Waals surface area contributed by atoms with Gasteiger partial charge < -0.3 is 9.47 Å². The van der Waals surface area contributed by atoms with Crippen molar-refractivity contribution in [3.63, 3.8) is 0 Å². The molecule has 60 valence electrons. The summed E-state index contributed by atoms with van der Waals surface area (Å²) < 4.78 is 10.1. The van der Waals surface area contributed by atoms with E-state index in [1.54, 1.807) is 13.2 Å². The Hall–Kier alpha value is -0.340. The molecule has 1 atom stereocenters. The molecule has 2 heteroatoms. The van der Waals surface area contributed by atoms with Crippen LogP contribution in [0.15, 0.2) is 12.7 Å². The topological polar surface area (TPSA) is 18.5 Å². The number of hydrogen-bond acceptors (Lipinski definition) is 2. The summed E-state index contributed by atoms with van der Waals surface area (Å²) in [5.41, 5.74) is 0. The van der Waals surface area contributed by atoms with Crippen LogP contribution in [0.5, 0.6) is 0 Å². The Morgan fingerprint density at radius 2 is 2.20 bits per heavy atom. The van der Waals surface area contributed by atoms with Crippen LogP contribution in [0, 0.1) is 0 Å². The van der Waals surface area contributed by atoms with E-state index in [1.807, 2.05) is 6.92 Å². The Bertz CT molecular complexity index is 81.3. The fourth-order valence-electron chi connectivity index (χ4n) is 0.541. The summed E-state index contributed by atoms with van der Waals surface area (Å²) in [6.45, 7) is 7.09. The van der Waals surface area contributed by atoms with Crippen LogP contribution in [0.25, 0.3) is 0 Å². The SMILES string of the molecule is C=CC(C)OCCCOC. The maximum atomic E-state index is 5.30. The molecular weight excluding hydrogens is 128 g/mol. The number of hydrogen-bond donors (Lipinski definition) is 0. The van der Waals surface area contributed by atoms with Crippen molar-refractivity contribution in [1.82, 2.24) is 0 Å². The largest absolute Gasteiger partial charge is 0.385 e. The van der Waals surface area contributed by atoms with E-state index in [1.165, 1.54) is 0 Å². The number of ether oxygens (including phenoxy) is 2. The number of rotatable bonds is 6. The number of methoxy groups -OCH3 is 1. The van der Waals surface area contributed by atoms with Gasteiger partial charge in [-0.05, 0) is 13.3 Å². The zero-order valence-corrected chi connectivity index (χ0v) is 6.80. The lowest BCUT2D eigenvalue weighted by Gasteiger charge is -2.06. The molecule has 2 nitrogen and oxygen atoms in total. The summed E-state index contributed by atoms with van der Waals surface area (Å²) in [5.74, 6) is 0. The Labute approximate surface area is 62.8 Å². The van der Waals surface area contributed by atoms with Crippen molar-refractivity contribution in [3.05, 3.63) is 12.7 Å². The minimum absolute atomic E-state index is 0.164. The average molecular weight is 144 g/mol. The molecule has 0 saturated heterocycles. The summed E-state index contributed by atoms with van der Waals surface area (Å²) in [4.78, 5) is 0. The smallest absolute Gasteiger partial charge is 0.0725 e. The highest BCUT2D eigenvalue weighted by molar-refractivity contribution is 4.74. The fraction of sp³-hybridized carbons (Fsp3) is 0.750. The Kier molecular flexibility index (Phi) is 6.55. The van der Waals surface area contributed by atoms with E-state index < -0.39 is 0 Å². The van der Waals surface area contributed by atoms with Crippen LogP contribution in [0.1, 0.15) is 13.3 Å². The molecule has 10 heavy (non-hydrogen) atoms. The highest BCUT2D eigenvalue weighted by atomic mass is 16.5. The van der Waals surface area contributed by atoms with Crippen LogP contribution in [-0.2, 0) is 9.47 Å². The molecule has 0 N–H and O–H groups in total. The first-order valence-corrected chi connectivity index (χ1v) is 3.54. The van der Waals surface area contributed by atoms with Gasteiger partial charge >= 0.3 is 0 Å². The molecule has 0 rings (SSSR count). The minimum atomic E-state index is 0.164. The maximum absolute atomic E-state index is 5.30. The lowest BCUT2D eigenvalue weighted by Crippen LogP contribution is -2.06. The van der Waals surface area contributed by atoms with Gasteiger partial charge in [0.1, 0.15) is 0 Å².